The van der Waals surface area contributed by atoms with Gasteiger partial charge in [0, 0.05) is 23.6 Å². The SMILES string of the molecule is CC(C)Oc1ccc2cc1OC/N=C(/N)c1ccc(cc1)NC2C(=O)NNC(=O)c1ccccc1-n1cccc1.O=C(O)C(F)(F)F. The van der Waals surface area contributed by atoms with Crippen LogP contribution in [-0.4, -0.2) is 52.3 Å². The number of amides is 2. The molecule has 1 atom stereocenters. The van der Waals surface area contributed by atoms with E-state index in [-0.39, 0.29) is 12.8 Å². The van der Waals surface area contributed by atoms with Gasteiger partial charge in [-0.15, -0.1) is 0 Å². The Morgan fingerprint density at radius 1 is 1.02 bits per heavy atom. The van der Waals surface area contributed by atoms with E-state index >= 15 is 0 Å². The molecule has 2 aliphatic heterocycles. The van der Waals surface area contributed by atoms with Gasteiger partial charge in [0.05, 0.1) is 17.4 Å². The monoisotopic (exact) mass is 652 g/mol. The van der Waals surface area contributed by atoms with Gasteiger partial charge in [-0.05, 0) is 80.1 Å². The molecule has 0 spiro atoms. The van der Waals surface area contributed by atoms with Crippen molar-refractivity contribution in [2.24, 2.45) is 10.7 Å². The summed E-state index contributed by atoms with van der Waals surface area (Å²) < 4.78 is 45.4. The summed E-state index contributed by atoms with van der Waals surface area (Å²) in [5, 5.41) is 10.4. The molecule has 0 aliphatic carbocycles. The zero-order valence-corrected chi connectivity index (χ0v) is 25.1. The molecule has 0 saturated heterocycles. The number of carbonyl (C=O) groups is 3. The van der Waals surface area contributed by atoms with Crippen molar-refractivity contribution in [2.75, 3.05) is 12.0 Å². The summed E-state index contributed by atoms with van der Waals surface area (Å²) in [6.07, 6.45) is -1.49. The van der Waals surface area contributed by atoms with Crippen LogP contribution in [0.1, 0.15) is 41.4 Å². The number of aliphatic imine (C=N–C) groups is 1. The number of carbonyl (C=O) groups excluding carboxylic acids is 2. The lowest BCUT2D eigenvalue weighted by Crippen LogP contribution is -2.45. The minimum absolute atomic E-state index is 0.0351. The van der Waals surface area contributed by atoms with Gasteiger partial charge in [0.25, 0.3) is 11.8 Å². The van der Waals surface area contributed by atoms with Crippen LogP contribution in [-0.2, 0) is 9.59 Å². The van der Waals surface area contributed by atoms with E-state index in [1.165, 1.54) is 0 Å². The second-order valence-corrected chi connectivity index (χ2v) is 10.2. The molecule has 4 aromatic rings. The van der Waals surface area contributed by atoms with Crippen molar-refractivity contribution >= 4 is 29.3 Å². The van der Waals surface area contributed by atoms with E-state index in [1.807, 2.05) is 55.1 Å². The normalized spacial score (nSPS) is 15.1. The summed E-state index contributed by atoms with van der Waals surface area (Å²) in [7, 11) is 0. The Bertz CT molecular complexity index is 1740. The Morgan fingerprint density at radius 2 is 1.68 bits per heavy atom. The molecule has 12 nitrogen and oxygen atoms in total. The van der Waals surface area contributed by atoms with Crippen LogP contribution < -0.4 is 31.4 Å². The number of anilines is 1. The number of hydrazine groups is 1. The van der Waals surface area contributed by atoms with E-state index in [4.69, 9.17) is 25.1 Å². The Morgan fingerprint density at radius 3 is 2.32 bits per heavy atom. The fourth-order valence-electron chi connectivity index (χ4n) is 4.28. The van der Waals surface area contributed by atoms with Gasteiger partial charge in [-0.25, -0.2) is 9.79 Å². The second kappa shape index (κ2) is 14.9. The molecule has 6 rings (SSSR count). The van der Waals surface area contributed by atoms with Crippen molar-refractivity contribution in [3.63, 3.8) is 0 Å². The van der Waals surface area contributed by atoms with Gasteiger partial charge in [0.2, 0.25) is 0 Å². The summed E-state index contributed by atoms with van der Waals surface area (Å²) in [4.78, 5) is 39.9. The molecular weight excluding hydrogens is 621 g/mol. The number of nitrogens with two attached hydrogens (primary N) is 1. The number of nitrogens with one attached hydrogen (secondary N) is 3. The Labute approximate surface area is 267 Å². The van der Waals surface area contributed by atoms with Crippen LogP contribution in [0.3, 0.4) is 0 Å². The summed E-state index contributed by atoms with van der Waals surface area (Å²) in [6, 6.07) is 22.4. The first-order valence-electron chi connectivity index (χ1n) is 14.1. The van der Waals surface area contributed by atoms with Crippen LogP contribution >= 0.6 is 0 Å². The van der Waals surface area contributed by atoms with Crippen molar-refractivity contribution < 1.29 is 42.1 Å². The van der Waals surface area contributed by atoms with E-state index in [1.54, 1.807) is 54.6 Å². The van der Waals surface area contributed by atoms with Crippen molar-refractivity contribution in [3.8, 4) is 17.2 Å². The minimum atomic E-state index is -5.08. The predicted octanol–water partition coefficient (Wildman–Crippen LogP) is 4.57. The third-order valence-corrected chi connectivity index (χ3v) is 6.45. The van der Waals surface area contributed by atoms with Crippen molar-refractivity contribution in [1.29, 1.82) is 0 Å². The standard InChI is InChI=1S/C30H30N6O4.C2HF3O2/c1-19(2)40-25-14-11-21-17-26(25)39-18-32-28(31)20-9-12-22(13-10-20)33-27(21)30(38)35-34-29(37)23-7-3-4-8-24(23)36-15-5-6-16-36;3-2(4,5)1(6)7/h3-17,19,27,33H,18H2,1-2H3,(H2,31,32)(H,34,37)(H,35,38);(H,6,7). The first-order chi connectivity index (χ1) is 22.3. The number of para-hydroxylation sites is 1. The number of aromatic nitrogens is 1. The van der Waals surface area contributed by atoms with E-state index in [0.29, 0.717) is 45.4 Å². The number of fused-ring (bicyclic) bond motifs is 5. The van der Waals surface area contributed by atoms with E-state index < -0.39 is 30.0 Å². The number of benzene rings is 3. The number of ether oxygens (including phenoxy) is 2. The first-order valence-corrected chi connectivity index (χ1v) is 14.1. The van der Waals surface area contributed by atoms with Crippen LogP contribution in [0.5, 0.6) is 11.5 Å². The van der Waals surface area contributed by atoms with Crippen molar-refractivity contribution in [3.05, 3.63) is 108 Å². The highest BCUT2D eigenvalue weighted by Crippen LogP contribution is 2.33. The van der Waals surface area contributed by atoms with E-state index in [9.17, 15) is 22.8 Å². The van der Waals surface area contributed by atoms with Gasteiger partial charge in [0.1, 0.15) is 11.9 Å². The maximum atomic E-state index is 13.6. The lowest BCUT2D eigenvalue weighted by molar-refractivity contribution is -0.192. The van der Waals surface area contributed by atoms with Crippen LogP contribution in [0.2, 0.25) is 0 Å². The average molecular weight is 653 g/mol. The van der Waals surface area contributed by atoms with Gasteiger partial charge in [-0.1, -0.05) is 18.2 Å². The number of hydrogen-bond acceptors (Lipinski definition) is 8. The summed E-state index contributed by atoms with van der Waals surface area (Å²) in [6.45, 7) is 3.79. The average Bonchev–Trinajstić information content (AvgIpc) is 3.58. The molecule has 3 heterocycles. The molecule has 15 heteroatoms. The highest BCUT2D eigenvalue weighted by molar-refractivity contribution is 5.99. The highest BCUT2D eigenvalue weighted by atomic mass is 19.4. The molecule has 2 amide bonds. The lowest BCUT2D eigenvalue weighted by Gasteiger charge is -2.22. The third-order valence-electron chi connectivity index (χ3n) is 6.45. The number of amidine groups is 1. The number of rotatable bonds is 5. The lowest BCUT2D eigenvalue weighted by atomic mass is 10.0. The topological polar surface area (TPSA) is 169 Å². The molecule has 3 aromatic carbocycles. The number of alkyl halides is 3. The first kappa shape index (κ1) is 33.9. The number of carboxylic acids is 1. The summed E-state index contributed by atoms with van der Waals surface area (Å²) in [5.41, 5.74) is 14.3. The smallest absolute Gasteiger partial charge is 0.487 e. The second-order valence-electron chi connectivity index (χ2n) is 10.2. The number of hydrogen-bond donors (Lipinski definition) is 5. The molecule has 0 radical (unpaired) electrons. The molecule has 4 bridgehead atoms. The number of aliphatic carboxylic acids is 1. The molecule has 246 valence electrons. The zero-order valence-electron chi connectivity index (χ0n) is 25.1. The van der Waals surface area contributed by atoms with Gasteiger partial charge in [-0.2, -0.15) is 13.2 Å². The summed E-state index contributed by atoms with van der Waals surface area (Å²) >= 11 is 0. The Hall–Kier alpha value is -5.99. The van der Waals surface area contributed by atoms with E-state index in [0.717, 1.165) is 0 Å². The molecule has 2 aliphatic rings. The summed E-state index contributed by atoms with van der Waals surface area (Å²) in [5.74, 6) is -2.45. The molecule has 6 N–H and O–H groups in total. The quantitative estimate of drug-likeness (QED) is 0.195. The Balaban J connectivity index is 0.000000644. The molecular formula is C32H31F3N6O6. The number of carboxylic acid groups (broad SMARTS) is 1. The zero-order chi connectivity index (χ0) is 34.1. The van der Waals surface area contributed by atoms with Crippen LogP contribution in [0, 0.1) is 0 Å². The van der Waals surface area contributed by atoms with Gasteiger partial charge in [0.15, 0.2) is 18.2 Å². The highest BCUT2D eigenvalue weighted by Gasteiger charge is 2.38. The molecule has 47 heavy (non-hydrogen) atoms. The fraction of sp³-hybridized carbons (Fsp3) is 0.188. The predicted molar refractivity (Wildman–Crippen MR) is 166 cm³/mol. The number of halogens is 3. The van der Waals surface area contributed by atoms with Crippen LogP contribution in [0.4, 0.5) is 18.9 Å². The van der Waals surface area contributed by atoms with Crippen LogP contribution in [0.15, 0.2) is 96.2 Å². The maximum absolute atomic E-state index is 13.6. The van der Waals surface area contributed by atoms with Gasteiger partial charge >= 0.3 is 12.1 Å². The van der Waals surface area contributed by atoms with Crippen molar-refractivity contribution in [1.82, 2.24) is 15.4 Å². The molecule has 0 saturated carbocycles. The van der Waals surface area contributed by atoms with Crippen LogP contribution in [0.25, 0.3) is 5.69 Å². The fourth-order valence-corrected chi connectivity index (χ4v) is 4.28. The van der Waals surface area contributed by atoms with Gasteiger partial charge in [-0.3, -0.25) is 20.4 Å². The van der Waals surface area contributed by atoms with E-state index in [2.05, 4.69) is 21.2 Å². The maximum Gasteiger partial charge on any atom is 0.490 e. The molecule has 0 fully saturated rings. The van der Waals surface area contributed by atoms with Crippen molar-refractivity contribution in [2.45, 2.75) is 32.2 Å². The third kappa shape index (κ3) is 9.03. The largest absolute Gasteiger partial charge is 0.490 e. The number of nitrogens with zero attached hydrogens (tertiary/aromatic N) is 2. The minimum Gasteiger partial charge on any atom is -0.487 e. The molecule has 1 aromatic heterocycles. The Kier molecular flexibility index (Phi) is 10.7. The van der Waals surface area contributed by atoms with Gasteiger partial charge < -0.3 is 30.2 Å². The molecule has 1 unspecified atom stereocenters.